The van der Waals surface area contributed by atoms with E-state index in [0.717, 1.165) is 11.3 Å². The average Bonchev–Trinajstić information content (AvgIpc) is 2.49. The van der Waals surface area contributed by atoms with E-state index in [-0.39, 0.29) is 12.0 Å². The molecule has 2 rings (SSSR count). The Hall–Kier alpha value is -1.59. The predicted molar refractivity (Wildman–Crippen MR) is 85.9 cm³/mol. The first-order valence-electron chi connectivity index (χ1n) is 7.85. The van der Waals surface area contributed by atoms with Gasteiger partial charge in [0.05, 0.1) is 25.9 Å². The molecule has 1 saturated heterocycles. The zero-order chi connectivity index (χ0) is 15.9. The maximum atomic E-state index is 12.3. The number of hydrogen-bond acceptors (Lipinski definition) is 4. The van der Waals surface area contributed by atoms with Gasteiger partial charge in [0.2, 0.25) is 5.91 Å². The van der Waals surface area contributed by atoms with Crippen LogP contribution in [0.15, 0.2) is 24.3 Å². The van der Waals surface area contributed by atoms with Crippen molar-refractivity contribution in [2.24, 2.45) is 0 Å². The third-order valence-electron chi connectivity index (χ3n) is 3.54. The number of carbonyl (C=O) groups excluding carboxylic acids is 1. The predicted octanol–water partition coefficient (Wildman–Crippen LogP) is 1.76. The molecule has 0 saturated carbocycles. The van der Waals surface area contributed by atoms with Crippen molar-refractivity contribution >= 4 is 5.91 Å². The van der Waals surface area contributed by atoms with Crippen LogP contribution in [0, 0.1) is 0 Å². The Kier molecular flexibility index (Phi) is 6.21. The number of nitrogens with zero attached hydrogens (tertiary/aromatic N) is 2. The van der Waals surface area contributed by atoms with Crippen LogP contribution in [0.2, 0.25) is 0 Å². The molecular weight excluding hydrogens is 280 g/mol. The van der Waals surface area contributed by atoms with Gasteiger partial charge < -0.3 is 14.4 Å². The molecule has 5 nitrogen and oxygen atoms in total. The smallest absolute Gasteiger partial charge is 0.236 e. The maximum absolute atomic E-state index is 12.3. The summed E-state index contributed by atoms with van der Waals surface area (Å²) in [6.45, 7) is 7.81. The molecule has 1 aromatic carbocycles. The lowest BCUT2D eigenvalue weighted by Crippen LogP contribution is -2.44. The summed E-state index contributed by atoms with van der Waals surface area (Å²) >= 11 is 0. The topological polar surface area (TPSA) is 42.0 Å². The Balaban J connectivity index is 1.91. The summed E-state index contributed by atoms with van der Waals surface area (Å²) in [5.74, 6) is 1.05. The molecule has 0 spiro atoms. The maximum Gasteiger partial charge on any atom is 0.236 e. The lowest BCUT2D eigenvalue weighted by atomic mass is 10.2. The number of benzene rings is 1. The van der Waals surface area contributed by atoms with Gasteiger partial charge in [0.25, 0.3) is 0 Å². The van der Waals surface area contributed by atoms with Crippen molar-refractivity contribution in [2.45, 2.75) is 26.5 Å². The first-order valence-corrected chi connectivity index (χ1v) is 7.85. The molecule has 5 heteroatoms. The first-order chi connectivity index (χ1) is 10.6. The molecule has 22 heavy (non-hydrogen) atoms. The van der Waals surface area contributed by atoms with Gasteiger partial charge in [-0.3, -0.25) is 9.69 Å². The summed E-state index contributed by atoms with van der Waals surface area (Å²) in [6.07, 6.45) is 0.140. The molecule has 1 aliphatic rings. The minimum absolute atomic E-state index is 0.140. The molecule has 1 amide bonds. The van der Waals surface area contributed by atoms with Gasteiger partial charge in [-0.25, -0.2) is 0 Å². The van der Waals surface area contributed by atoms with Crippen molar-refractivity contribution in [3.8, 4) is 5.75 Å². The van der Waals surface area contributed by atoms with Gasteiger partial charge in [-0.15, -0.1) is 0 Å². The van der Waals surface area contributed by atoms with Gasteiger partial charge in [0, 0.05) is 25.2 Å². The standard InChI is InChI=1S/C17H26N2O3/c1-14(2)22-16-7-5-4-6-15(16)12-18(3)13-17(20)19-8-10-21-11-9-19/h4-7,14H,8-13H2,1-3H3. The van der Waals surface area contributed by atoms with E-state index in [0.29, 0.717) is 39.4 Å². The second-order valence-electron chi connectivity index (χ2n) is 5.94. The molecule has 0 aliphatic carbocycles. The number of likely N-dealkylation sites (N-methyl/N-ethyl adjacent to an activating group) is 1. The highest BCUT2D eigenvalue weighted by molar-refractivity contribution is 5.78. The molecule has 1 fully saturated rings. The summed E-state index contributed by atoms with van der Waals surface area (Å²) in [4.78, 5) is 16.2. The Morgan fingerprint density at radius 1 is 1.32 bits per heavy atom. The summed E-state index contributed by atoms with van der Waals surface area (Å²) in [7, 11) is 1.96. The van der Waals surface area contributed by atoms with Crippen LogP contribution in [0.1, 0.15) is 19.4 Å². The molecular formula is C17H26N2O3. The van der Waals surface area contributed by atoms with Crippen molar-refractivity contribution in [3.05, 3.63) is 29.8 Å². The van der Waals surface area contributed by atoms with Gasteiger partial charge in [0.1, 0.15) is 5.75 Å². The minimum atomic E-state index is 0.140. The largest absolute Gasteiger partial charge is 0.491 e. The first kappa shape index (κ1) is 16.8. The number of para-hydroxylation sites is 1. The fourth-order valence-corrected chi connectivity index (χ4v) is 2.49. The van der Waals surface area contributed by atoms with Crippen LogP contribution in [-0.4, -0.2) is 61.7 Å². The highest BCUT2D eigenvalue weighted by Crippen LogP contribution is 2.20. The second-order valence-corrected chi connectivity index (χ2v) is 5.94. The lowest BCUT2D eigenvalue weighted by molar-refractivity contribution is -0.136. The van der Waals surface area contributed by atoms with Crippen LogP contribution in [0.25, 0.3) is 0 Å². The van der Waals surface area contributed by atoms with E-state index in [1.807, 2.05) is 55.0 Å². The quantitative estimate of drug-likeness (QED) is 0.803. The van der Waals surface area contributed by atoms with E-state index in [4.69, 9.17) is 9.47 Å². The zero-order valence-electron chi connectivity index (χ0n) is 13.7. The molecule has 0 bridgehead atoms. The summed E-state index contributed by atoms with van der Waals surface area (Å²) in [5, 5.41) is 0. The number of rotatable bonds is 6. The van der Waals surface area contributed by atoms with Gasteiger partial charge in [0.15, 0.2) is 0 Å². The molecule has 0 N–H and O–H groups in total. The van der Waals surface area contributed by atoms with Gasteiger partial charge >= 0.3 is 0 Å². The lowest BCUT2D eigenvalue weighted by Gasteiger charge is -2.29. The molecule has 1 aromatic rings. The Labute approximate surface area is 132 Å². The molecule has 0 radical (unpaired) electrons. The van der Waals surface area contributed by atoms with Crippen LogP contribution >= 0.6 is 0 Å². The number of carbonyl (C=O) groups is 1. The van der Waals surface area contributed by atoms with Crippen LogP contribution in [0.4, 0.5) is 0 Å². The SMILES string of the molecule is CC(C)Oc1ccccc1CN(C)CC(=O)N1CCOCC1. The van der Waals surface area contributed by atoms with Crippen LogP contribution < -0.4 is 4.74 Å². The van der Waals surface area contributed by atoms with Crippen molar-refractivity contribution in [1.82, 2.24) is 9.80 Å². The van der Waals surface area contributed by atoms with Gasteiger partial charge in [-0.2, -0.15) is 0 Å². The van der Waals surface area contributed by atoms with Gasteiger partial charge in [-0.1, -0.05) is 18.2 Å². The minimum Gasteiger partial charge on any atom is -0.491 e. The fourth-order valence-electron chi connectivity index (χ4n) is 2.49. The molecule has 122 valence electrons. The normalized spacial score (nSPS) is 15.4. The number of morpholine rings is 1. The second kappa shape index (κ2) is 8.15. The Morgan fingerprint density at radius 3 is 2.68 bits per heavy atom. The summed E-state index contributed by atoms with van der Waals surface area (Å²) in [6, 6.07) is 8.00. The van der Waals surface area contributed by atoms with Crippen LogP contribution in [0.3, 0.4) is 0 Å². The van der Waals surface area contributed by atoms with E-state index in [9.17, 15) is 4.79 Å². The monoisotopic (exact) mass is 306 g/mol. The number of hydrogen-bond donors (Lipinski definition) is 0. The average molecular weight is 306 g/mol. The van der Waals surface area contributed by atoms with Crippen LogP contribution in [0.5, 0.6) is 5.75 Å². The van der Waals surface area contributed by atoms with Crippen molar-refractivity contribution in [1.29, 1.82) is 0 Å². The third-order valence-corrected chi connectivity index (χ3v) is 3.54. The number of ether oxygens (including phenoxy) is 2. The fraction of sp³-hybridized carbons (Fsp3) is 0.588. The molecule has 1 aliphatic heterocycles. The molecule has 0 aromatic heterocycles. The van der Waals surface area contributed by atoms with Crippen molar-refractivity contribution in [3.63, 3.8) is 0 Å². The van der Waals surface area contributed by atoms with E-state index in [1.165, 1.54) is 0 Å². The summed E-state index contributed by atoms with van der Waals surface area (Å²) < 4.78 is 11.1. The molecule has 1 heterocycles. The van der Waals surface area contributed by atoms with E-state index in [2.05, 4.69) is 0 Å². The van der Waals surface area contributed by atoms with E-state index >= 15 is 0 Å². The highest BCUT2D eigenvalue weighted by Gasteiger charge is 2.18. The molecule has 0 unspecified atom stereocenters. The van der Waals surface area contributed by atoms with Gasteiger partial charge in [-0.05, 0) is 27.0 Å². The Morgan fingerprint density at radius 2 is 2.00 bits per heavy atom. The van der Waals surface area contributed by atoms with E-state index in [1.54, 1.807) is 0 Å². The summed E-state index contributed by atoms with van der Waals surface area (Å²) in [5.41, 5.74) is 1.11. The molecule has 0 atom stereocenters. The third kappa shape index (κ3) is 5.00. The number of amides is 1. The zero-order valence-corrected chi connectivity index (χ0v) is 13.7. The highest BCUT2D eigenvalue weighted by atomic mass is 16.5. The Bertz CT molecular complexity index is 485. The van der Waals surface area contributed by atoms with E-state index < -0.39 is 0 Å². The van der Waals surface area contributed by atoms with Crippen molar-refractivity contribution in [2.75, 3.05) is 39.9 Å². The van der Waals surface area contributed by atoms with Crippen LogP contribution in [-0.2, 0) is 16.1 Å². The van der Waals surface area contributed by atoms with Crippen molar-refractivity contribution < 1.29 is 14.3 Å².